The number of nitrogens with one attached hydrogen (secondary N) is 2. The van der Waals surface area contributed by atoms with Crippen LogP contribution in [0.15, 0.2) is 22.9 Å². The highest BCUT2D eigenvalue weighted by molar-refractivity contribution is 9.10. The SMILES string of the molecule is CC(C)NCCCC(=O)Nc1cccnc1Br. The van der Waals surface area contributed by atoms with Crippen molar-refractivity contribution in [3.8, 4) is 0 Å². The monoisotopic (exact) mass is 299 g/mol. The average Bonchev–Trinajstić information content (AvgIpc) is 2.27. The van der Waals surface area contributed by atoms with Crippen molar-refractivity contribution in [1.29, 1.82) is 0 Å². The number of pyridine rings is 1. The van der Waals surface area contributed by atoms with E-state index in [2.05, 4.69) is 45.4 Å². The molecule has 1 amide bonds. The van der Waals surface area contributed by atoms with Crippen molar-refractivity contribution in [2.24, 2.45) is 0 Å². The zero-order valence-electron chi connectivity index (χ0n) is 10.2. The summed E-state index contributed by atoms with van der Waals surface area (Å²) >= 11 is 3.29. The summed E-state index contributed by atoms with van der Waals surface area (Å²) in [4.78, 5) is 15.7. The number of hydrogen-bond donors (Lipinski definition) is 2. The van der Waals surface area contributed by atoms with Gasteiger partial charge in [0, 0.05) is 18.7 Å². The van der Waals surface area contributed by atoms with Gasteiger partial charge in [-0.2, -0.15) is 0 Å². The van der Waals surface area contributed by atoms with Crippen LogP contribution in [-0.4, -0.2) is 23.5 Å². The van der Waals surface area contributed by atoms with Crippen LogP contribution in [0.4, 0.5) is 5.69 Å². The Hall–Kier alpha value is -0.940. The molecule has 0 aromatic carbocycles. The number of aromatic nitrogens is 1. The zero-order chi connectivity index (χ0) is 12.7. The molecule has 1 heterocycles. The predicted octanol–water partition coefficient (Wildman–Crippen LogP) is 2.56. The van der Waals surface area contributed by atoms with Gasteiger partial charge in [-0.1, -0.05) is 13.8 Å². The molecule has 0 atom stereocenters. The van der Waals surface area contributed by atoms with Gasteiger partial charge in [-0.25, -0.2) is 4.98 Å². The minimum Gasteiger partial charge on any atom is -0.324 e. The van der Waals surface area contributed by atoms with Crippen molar-refractivity contribution >= 4 is 27.5 Å². The van der Waals surface area contributed by atoms with Crippen LogP contribution in [0.3, 0.4) is 0 Å². The average molecular weight is 300 g/mol. The Morgan fingerprint density at radius 2 is 2.29 bits per heavy atom. The molecule has 5 heteroatoms. The maximum Gasteiger partial charge on any atom is 0.224 e. The molecule has 0 saturated carbocycles. The van der Waals surface area contributed by atoms with Crippen molar-refractivity contribution in [3.63, 3.8) is 0 Å². The summed E-state index contributed by atoms with van der Waals surface area (Å²) in [6.07, 6.45) is 3.02. The van der Waals surface area contributed by atoms with Crippen LogP contribution in [-0.2, 0) is 4.79 Å². The quantitative estimate of drug-likeness (QED) is 0.627. The molecule has 4 nitrogen and oxygen atoms in total. The molecule has 0 fully saturated rings. The molecule has 0 spiro atoms. The first kappa shape index (κ1) is 14.1. The van der Waals surface area contributed by atoms with Crippen molar-refractivity contribution in [2.45, 2.75) is 32.7 Å². The fourth-order valence-corrected chi connectivity index (χ4v) is 1.68. The summed E-state index contributed by atoms with van der Waals surface area (Å²) in [6, 6.07) is 4.08. The summed E-state index contributed by atoms with van der Waals surface area (Å²) in [6.45, 7) is 5.04. The summed E-state index contributed by atoms with van der Waals surface area (Å²) in [5, 5.41) is 6.10. The van der Waals surface area contributed by atoms with Crippen LogP contribution in [0, 0.1) is 0 Å². The van der Waals surface area contributed by atoms with Crippen molar-refractivity contribution in [1.82, 2.24) is 10.3 Å². The lowest BCUT2D eigenvalue weighted by Gasteiger charge is -2.08. The van der Waals surface area contributed by atoms with Gasteiger partial charge >= 0.3 is 0 Å². The van der Waals surface area contributed by atoms with Crippen LogP contribution < -0.4 is 10.6 Å². The van der Waals surface area contributed by atoms with Crippen molar-refractivity contribution < 1.29 is 4.79 Å². The number of rotatable bonds is 6. The summed E-state index contributed by atoms with van der Waals surface area (Å²) < 4.78 is 0.661. The molecule has 0 aliphatic rings. The van der Waals surface area contributed by atoms with E-state index in [1.165, 1.54) is 0 Å². The molecule has 0 radical (unpaired) electrons. The fraction of sp³-hybridized carbons (Fsp3) is 0.500. The van der Waals surface area contributed by atoms with E-state index in [9.17, 15) is 4.79 Å². The van der Waals surface area contributed by atoms with Gasteiger partial charge in [0.2, 0.25) is 5.91 Å². The smallest absolute Gasteiger partial charge is 0.224 e. The largest absolute Gasteiger partial charge is 0.324 e. The molecule has 94 valence electrons. The molecule has 1 rings (SSSR count). The van der Waals surface area contributed by atoms with E-state index in [1.54, 1.807) is 12.3 Å². The number of nitrogens with zero attached hydrogens (tertiary/aromatic N) is 1. The number of anilines is 1. The minimum atomic E-state index is 0.0178. The first-order valence-corrected chi connectivity index (χ1v) is 6.52. The van der Waals surface area contributed by atoms with Gasteiger partial charge in [0.1, 0.15) is 4.60 Å². The van der Waals surface area contributed by atoms with Crippen LogP contribution >= 0.6 is 15.9 Å². The summed E-state index contributed by atoms with van der Waals surface area (Å²) in [5.74, 6) is 0.0178. The molecular formula is C12H18BrN3O. The van der Waals surface area contributed by atoms with Gasteiger partial charge in [0.05, 0.1) is 5.69 Å². The maximum absolute atomic E-state index is 11.6. The molecular weight excluding hydrogens is 282 g/mol. The Labute approximate surface area is 110 Å². The Bertz CT molecular complexity index is 369. The summed E-state index contributed by atoms with van der Waals surface area (Å²) in [7, 11) is 0. The lowest BCUT2D eigenvalue weighted by Crippen LogP contribution is -2.24. The molecule has 1 aromatic rings. The van der Waals surface area contributed by atoms with E-state index in [1.807, 2.05) is 6.07 Å². The highest BCUT2D eigenvalue weighted by Gasteiger charge is 2.05. The van der Waals surface area contributed by atoms with E-state index < -0.39 is 0 Å². The van der Waals surface area contributed by atoms with E-state index in [4.69, 9.17) is 0 Å². The Morgan fingerprint density at radius 1 is 1.53 bits per heavy atom. The van der Waals surface area contributed by atoms with E-state index >= 15 is 0 Å². The normalized spacial score (nSPS) is 10.6. The maximum atomic E-state index is 11.6. The topological polar surface area (TPSA) is 54.0 Å². The zero-order valence-corrected chi connectivity index (χ0v) is 11.8. The Balaban J connectivity index is 2.28. The number of carbonyl (C=O) groups excluding carboxylic acids is 1. The molecule has 0 aliphatic carbocycles. The third-order valence-corrected chi connectivity index (χ3v) is 2.80. The van der Waals surface area contributed by atoms with Crippen LogP contribution in [0.25, 0.3) is 0 Å². The van der Waals surface area contributed by atoms with Gasteiger partial charge in [0.15, 0.2) is 0 Å². The molecule has 1 aromatic heterocycles. The first-order chi connectivity index (χ1) is 8.09. The van der Waals surface area contributed by atoms with Gasteiger partial charge in [-0.3, -0.25) is 4.79 Å². The second kappa shape index (κ2) is 7.40. The second-order valence-electron chi connectivity index (χ2n) is 4.10. The Kier molecular flexibility index (Phi) is 6.15. The number of amides is 1. The lowest BCUT2D eigenvalue weighted by molar-refractivity contribution is -0.116. The van der Waals surface area contributed by atoms with Crippen LogP contribution in [0.5, 0.6) is 0 Å². The van der Waals surface area contributed by atoms with Crippen molar-refractivity contribution in [2.75, 3.05) is 11.9 Å². The van der Waals surface area contributed by atoms with Gasteiger partial charge in [-0.15, -0.1) is 0 Å². The molecule has 0 aliphatic heterocycles. The third-order valence-electron chi connectivity index (χ3n) is 2.17. The molecule has 0 saturated heterocycles. The first-order valence-electron chi connectivity index (χ1n) is 5.73. The van der Waals surface area contributed by atoms with Gasteiger partial charge < -0.3 is 10.6 Å². The molecule has 2 N–H and O–H groups in total. The Morgan fingerprint density at radius 3 is 2.94 bits per heavy atom. The van der Waals surface area contributed by atoms with E-state index in [-0.39, 0.29) is 5.91 Å². The highest BCUT2D eigenvalue weighted by atomic mass is 79.9. The van der Waals surface area contributed by atoms with E-state index in [0.717, 1.165) is 13.0 Å². The predicted molar refractivity (Wildman–Crippen MR) is 72.9 cm³/mol. The number of carbonyl (C=O) groups is 1. The molecule has 17 heavy (non-hydrogen) atoms. The van der Waals surface area contributed by atoms with Gasteiger partial charge in [-0.05, 0) is 41.0 Å². The lowest BCUT2D eigenvalue weighted by atomic mass is 10.2. The fourth-order valence-electron chi connectivity index (χ4n) is 1.33. The third kappa shape index (κ3) is 5.79. The second-order valence-corrected chi connectivity index (χ2v) is 4.85. The van der Waals surface area contributed by atoms with E-state index in [0.29, 0.717) is 22.8 Å². The standard InChI is InChI=1S/C12H18BrN3O/c1-9(2)14-7-4-6-11(17)16-10-5-3-8-15-12(10)13/h3,5,8-9,14H,4,6-7H2,1-2H3,(H,16,17). The molecule has 0 bridgehead atoms. The number of halogens is 1. The number of hydrogen-bond acceptors (Lipinski definition) is 3. The minimum absolute atomic E-state index is 0.0178. The van der Waals surface area contributed by atoms with Gasteiger partial charge in [0.25, 0.3) is 0 Å². The van der Waals surface area contributed by atoms with Crippen LogP contribution in [0.2, 0.25) is 0 Å². The highest BCUT2D eigenvalue weighted by Crippen LogP contribution is 2.18. The van der Waals surface area contributed by atoms with Crippen molar-refractivity contribution in [3.05, 3.63) is 22.9 Å². The van der Waals surface area contributed by atoms with Crippen LogP contribution in [0.1, 0.15) is 26.7 Å². The summed E-state index contributed by atoms with van der Waals surface area (Å²) in [5.41, 5.74) is 0.717. The molecule has 0 unspecified atom stereocenters.